The van der Waals surface area contributed by atoms with E-state index in [9.17, 15) is 0 Å². The third kappa shape index (κ3) is 5.13. The third-order valence-corrected chi connectivity index (χ3v) is 4.42. The van der Waals surface area contributed by atoms with Gasteiger partial charge in [-0.15, -0.1) is 0 Å². The standard InChI is InChI=1S/C17H19Br2NO/c1-21-16-7-8-17(19)15(11-16)13-20(10-9-18)12-14-5-3-2-4-6-14/h2-8,11H,9-10,12-13H2,1H3. The summed E-state index contributed by atoms with van der Waals surface area (Å²) >= 11 is 7.18. The molecule has 0 radical (unpaired) electrons. The van der Waals surface area contributed by atoms with Crippen LogP contribution in [0.5, 0.6) is 5.75 Å². The molecule has 0 N–H and O–H groups in total. The van der Waals surface area contributed by atoms with Crippen molar-refractivity contribution in [1.82, 2.24) is 4.90 Å². The van der Waals surface area contributed by atoms with E-state index < -0.39 is 0 Å². The molecule has 2 rings (SSSR count). The smallest absolute Gasteiger partial charge is 0.119 e. The molecule has 0 aliphatic heterocycles. The predicted octanol–water partition coefficient (Wildman–Crippen LogP) is 4.85. The van der Waals surface area contributed by atoms with Gasteiger partial charge in [-0.2, -0.15) is 0 Å². The van der Waals surface area contributed by atoms with E-state index in [2.05, 4.69) is 73.2 Å². The highest BCUT2D eigenvalue weighted by Crippen LogP contribution is 2.24. The Morgan fingerprint density at radius 2 is 1.81 bits per heavy atom. The number of benzene rings is 2. The van der Waals surface area contributed by atoms with Crippen molar-refractivity contribution in [2.75, 3.05) is 19.0 Å². The molecule has 0 aromatic heterocycles. The van der Waals surface area contributed by atoms with Gasteiger partial charge in [-0.3, -0.25) is 4.90 Å². The molecule has 0 spiro atoms. The van der Waals surface area contributed by atoms with Gasteiger partial charge in [0.2, 0.25) is 0 Å². The van der Waals surface area contributed by atoms with Crippen LogP contribution >= 0.6 is 31.9 Å². The van der Waals surface area contributed by atoms with Gasteiger partial charge >= 0.3 is 0 Å². The summed E-state index contributed by atoms with van der Waals surface area (Å²) in [5, 5.41) is 0.960. The van der Waals surface area contributed by atoms with Crippen LogP contribution in [-0.4, -0.2) is 23.9 Å². The molecule has 0 bridgehead atoms. The molecule has 4 heteroatoms. The first kappa shape index (κ1) is 16.5. The fourth-order valence-corrected chi connectivity index (χ4v) is 3.09. The number of halogens is 2. The van der Waals surface area contributed by atoms with E-state index in [1.165, 1.54) is 11.1 Å². The van der Waals surface area contributed by atoms with Crippen molar-refractivity contribution in [3.05, 3.63) is 64.1 Å². The topological polar surface area (TPSA) is 12.5 Å². The van der Waals surface area contributed by atoms with Crippen molar-refractivity contribution in [3.63, 3.8) is 0 Å². The Labute approximate surface area is 143 Å². The molecule has 0 aliphatic carbocycles. The Morgan fingerprint density at radius 1 is 1.05 bits per heavy atom. The van der Waals surface area contributed by atoms with E-state index in [4.69, 9.17) is 4.74 Å². The van der Waals surface area contributed by atoms with Crippen LogP contribution in [0, 0.1) is 0 Å². The van der Waals surface area contributed by atoms with Crippen LogP contribution in [0.4, 0.5) is 0 Å². The molecule has 0 aliphatic rings. The average molecular weight is 413 g/mol. The molecule has 0 unspecified atom stereocenters. The molecule has 0 saturated heterocycles. The number of rotatable bonds is 7. The summed E-state index contributed by atoms with van der Waals surface area (Å²) in [6, 6.07) is 16.7. The molecule has 0 fully saturated rings. The Morgan fingerprint density at radius 3 is 2.48 bits per heavy atom. The zero-order valence-corrected chi connectivity index (χ0v) is 15.2. The van der Waals surface area contributed by atoms with Crippen LogP contribution in [0.25, 0.3) is 0 Å². The summed E-state index contributed by atoms with van der Waals surface area (Å²) in [5.74, 6) is 0.895. The van der Waals surface area contributed by atoms with Gasteiger partial charge in [0.05, 0.1) is 7.11 Å². The molecular formula is C17H19Br2NO. The van der Waals surface area contributed by atoms with Crippen molar-refractivity contribution in [2.24, 2.45) is 0 Å². The first-order valence-electron chi connectivity index (χ1n) is 6.87. The molecule has 2 aromatic carbocycles. The Hall–Kier alpha value is -0.840. The number of nitrogens with zero attached hydrogens (tertiary/aromatic N) is 1. The highest BCUT2D eigenvalue weighted by atomic mass is 79.9. The number of methoxy groups -OCH3 is 1. The Bertz CT molecular complexity index is 560. The maximum atomic E-state index is 5.32. The molecule has 0 amide bonds. The SMILES string of the molecule is COc1ccc(Br)c(CN(CCBr)Cc2ccccc2)c1. The van der Waals surface area contributed by atoms with Crippen molar-refractivity contribution in [1.29, 1.82) is 0 Å². The number of hydrogen-bond donors (Lipinski definition) is 0. The lowest BCUT2D eigenvalue weighted by Crippen LogP contribution is -2.25. The fraction of sp³-hybridized carbons (Fsp3) is 0.294. The minimum Gasteiger partial charge on any atom is -0.497 e. The average Bonchev–Trinajstić information content (AvgIpc) is 2.51. The van der Waals surface area contributed by atoms with E-state index in [0.29, 0.717) is 0 Å². The van der Waals surface area contributed by atoms with Crippen LogP contribution in [0.2, 0.25) is 0 Å². The molecule has 0 saturated carbocycles. The van der Waals surface area contributed by atoms with Crippen LogP contribution < -0.4 is 4.74 Å². The van der Waals surface area contributed by atoms with E-state index in [-0.39, 0.29) is 0 Å². The van der Waals surface area contributed by atoms with Crippen LogP contribution in [0.1, 0.15) is 11.1 Å². The van der Waals surface area contributed by atoms with Crippen molar-refractivity contribution < 1.29 is 4.74 Å². The van der Waals surface area contributed by atoms with Crippen molar-refractivity contribution in [3.8, 4) is 5.75 Å². The number of alkyl halides is 1. The molecule has 2 aromatic rings. The van der Waals surface area contributed by atoms with Crippen LogP contribution in [-0.2, 0) is 13.1 Å². The van der Waals surface area contributed by atoms with Gasteiger partial charge in [0.1, 0.15) is 5.75 Å². The van der Waals surface area contributed by atoms with E-state index in [1.54, 1.807) is 7.11 Å². The summed E-state index contributed by atoms with van der Waals surface area (Å²) in [7, 11) is 1.70. The highest BCUT2D eigenvalue weighted by Gasteiger charge is 2.10. The van der Waals surface area contributed by atoms with Gasteiger partial charge in [0.15, 0.2) is 0 Å². The molecule has 112 valence electrons. The lowest BCUT2D eigenvalue weighted by molar-refractivity contribution is 0.273. The predicted molar refractivity (Wildman–Crippen MR) is 95.0 cm³/mol. The first-order valence-corrected chi connectivity index (χ1v) is 8.79. The van der Waals surface area contributed by atoms with E-state index >= 15 is 0 Å². The lowest BCUT2D eigenvalue weighted by Gasteiger charge is -2.22. The first-order chi connectivity index (χ1) is 10.2. The number of hydrogen-bond acceptors (Lipinski definition) is 2. The monoisotopic (exact) mass is 411 g/mol. The van der Waals surface area contributed by atoms with Gasteiger partial charge in [0.25, 0.3) is 0 Å². The van der Waals surface area contributed by atoms with Crippen molar-refractivity contribution >= 4 is 31.9 Å². The summed E-state index contributed by atoms with van der Waals surface area (Å²) in [4.78, 5) is 2.42. The van der Waals surface area contributed by atoms with Crippen molar-refractivity contribution in [2.45, 2.75) is 13.1 Å². The second kappa shape index (κ2) is 8.57. The summed E-state index contributed by atoms with van der Waals surface area (Å²) in [5.41, 5.74) is 2.57. The van der Waals surface area contributed by atoms with E-state index in [0.717, 1.165) is 35.2 Å². The van der Waals surface area contributed by atoms with Gasteiger partial charge in [-0.05, 0) is 29.3 Å². The zero-order valence-electron chi connectivity index (χ0n) is 12.1. The Balaban J connectivity index is 2.12. The largest absolute Gasteiger partial charge is 0.497 e. The lowest BCUT2D eigenvalue weighted by atomic mass is 10.1. The van der Waals surface area contributed by atoms with Gasteiger partial charge in [0, 0.05) is 29.4 Å². The molecule has 21 heavy (non-hydrogen) atoms. The van der Waals surface area contributed by atoms with Gasteiger partial charge < -0.3 is 4.74 Å². The number of ether oxygens (including phenoxy) is 1. The van der Waals surface area contributed by atoms with E-state index in [1.807, 2.05) is 12.1 Å². The quantitative estimate of drug-likeness (QED) is 0.602. The maximum absolute atomic E-state index is 5.32. The highest BCUT2D eigenvalue weighted by molar-refractivity contribution is 9.10. The maximum Gasteiger partial charge on any atom is 0.119 e. The van der Waals surface area contributed by atoms with Crippen LogP contribution in [0.3, 0.4) is 0 Å². The third-order valence-electron chi connectivity index (χ3n) is 3.30. The second-order valence-electron chi connectivity index (χ2n) is 4.84. The second-order valence-corrected chi connectivity index (χ2v) is 6.49. The minimum absolute atomic E-state index is 0.887. The fourth-order valence-electron chi connectivity index (χ4n) is 2.22. The molecular weight excluding hydrogens is 394 g/mol. The van der Waals surface area contributed by atoms with Gasteiger partial charge in [-0.25, -0.2) is 0 Å². The van der Waals surface area contributed by atoms with Crippen LogP contribution in [0.15, 0.2) is 53.0 Å². The minimum atomic E-state index is 0.887. The molecule has 0 atom stereocenters. The normalized spacial score (nSPS) is 10.9. The zero-order chi connectivity index (χ0) is 15.1. The summed E-state index contributed by atoms with van der Waals surface area (Å²) < 4.78 is 6.44. The Kier molecular flexibility index (Phi) is 6.74. The molecule has 0 heterocycles. The summed E-state index contributed by atoms with van der Waals surface area (Å²) in [6.45, 7) is 2.83. The molecule has 2 nitrogen and oxygen atoms in total. The van der Waals surface area contributed by atoms with Gasteiger partial charge in [-0.1, -0.05) is 62.2 Å². The summed E-state index contributed by atoms with van der Waals surface area (Å²) in [6.07, 6.45) is 0.